The summed E-state index contributed by atoms with van der Waals surface area (Å²) in [4.78, 5) is 27.7. The summed E-state index contributed by atoms with van der Waals surface area (Å²) >= 11 is 1.42. The first kappa shape index (κ1) is 10.8. The van der Waals surface area contributed by atoms with E-state index < -0.39 is 0 Å². The van der Waals surface area contributed by atoms with E-state index >= 15 is 0 Å². The molecule has 2 heterocycles. The van der Waals surface area contributed by atoms with Crippen molar-refractivity contribution in [1.29, 1.82) is 0 Å². The third-order valence-corrected chi connectivity index (χ3v) is 4.57. The van der Waals surface area contributed by atoms with Gasteiger partial charge in [-0.25, -0.2) is 4.79 Å². The van der Waals surface area contributed by atoms with Gasteiger partial charge < -0.3 is 0 Å². The first-order valence-electron chi connectivity index (χ1n) is 5.80. The highest BCUT2D eigenvalue weighted by Gasteiger charge is 2.29. The number of aromatic nitrogens is 2. The first-order chi connectivity index (χ1) is 8.08. The third-order valence-electron chi connectivity index (χ3n) is 3.56. The monoisotopic (exact) mass is 250 g/mol. The van der Waals surface area contributed by atoms with Crippen LogP contribution in [0.5, 0.6) is 0 Å². The quantitative estimate of drug-likeness (QED) is 0.842. The van der Waals surface area contributed by atoms with Crippen LogP contribution in [0.1, 0.15) is 31.4 Å². The van der Waals surface area contributed by atoms with Gasteiger partial charge in [0, 0.05) is 6.04 Å². The van der Waals surface area contributed by atoms with Gasteiger partial charge in [-0.05, 0) is 36.6 Å². The maximum Gasteiger partial charge on any atom is 0.329 e. The average Bonchev–Trinajstić information content (AvgIpc) is 2.57. The zero-order valence-corrected chi connectivity index (χ0v) is 10.6. The van der Waals surface area contributed by atoms with Crippen molar-refractivity contribution in [2.75, 3.05) is 0 Å². The summed E-state index contributed by atoms with van der Waals surface area (Å²) in [6.45, 7) is 4.05. The molecule has 2 aromatic heterocycles. The lowest BCUT2D eigenvalue weighted by molar-refractivity contribution is 0.206. The molecule has 0 amide bonds. The molecule has 0 radical (unpaired) electrons. The van der Waals surface area contributed by atoms with E-state index in [1.54, 1.807) is 0 Å². The Morgan fingerprint density at radius 3 is 2.76 bits per heavy atom. The fourth-order valence-corrected chi connectivity index (χ4v) is 3.50. The molecular formula is C12H14N2O2S. The maximum absolute atomic E-state index is 12.3. The second-order valence-corrected chi connectivity index (χ2v) is 5.84. The molecular weight excluding hydrogens is 236 g/mol. The Morgan fingerprint density at radius 1 is 1.41 bits per heavy atom. The second-order valence-electron chi connectivity index (χ2n) is 4.96. The SMILES string of the molecule is Cc1csc2[nH]c(=O)n(C3CC(C)C3)c(=O)c12. The maximum atomic E-state index is 12.3. The summed E-state index contributed by atoms with van der Waals surface area (Å²) in [5, 5.41) is 2.59. The van der Waals surface area contributed by atoms with Crippen LogP contribution in [0.4, 0.5) is 0 Å². The topological polar surface area (TPSA) is 54.9 Å². The van der Waals surface area contributed by atoms with E-state index in [-0.39, 0.29) is 17.3 Å². The van der Waals surface area contributed by atoms with Crippen molar-refractivity contribution in [3.05, 3.63) is 31.8 Å². The highest BCUT2D eigenvalue weighted by molar-refractivity contribution is 7.16. The number of aryl methyl sites for hydroxylation is 1. The fourth-order valence-electron chi connectivity index (χ4n) is 2.57. The van der Waals surface area contributed by atoms with Crippen molar-refractivity contribution >= 4 is 21.6 Å². The Labute approximate surface area is 102 Å². The predicted molar refractivity (Wildman–Crippen MR) is 68.9 cm³/mol. The number of nitrogens with one attached hydrogen (secondary N) is 1. The van der Waals surface area contributed by atoms with Crippen molar-refractivity contribution in [1.82, 2.24) is 9.55 Å². The molecule has 17 heavy (non-hydrogen) atoms. The van der Waals surface area contributed by atoms with Crippen LogP contribution in [0.25, 0.3) is 10.2 Å². The van der Waals surface area contributed by atoms with Crippen molar-refractivity contribution in [2.24, 2.45) is 5.92 Å². The van der Waals surface area contributed by atoms with E-state index in [1.165, 1.54) is 15.9 Å². The number of thiophene rings is 1. The minimum Gasteiger partial charge on any atom is -0.298 e. The summed E-state index contributed by atoms with van der Waals surface area (Å²) in [7, 11) is 0. The Hall–Kier alpha value is -1.36. The fraction of sp³-hybridized carbons (Fsp3) is 0.500. The number of aromatic amines is 1. The molecule has 1 fully saturated rings. The van der Waals surface area contributed by atoms with E-state index in [0.29, 0.717) is 16.1 Å². The van der Waals surface area contributed by atoms with E-state index in [4.69, 9.17) is 0 Å². The van der Waals surface area contributed by atoms with Crippen LogP contribution >= 0.6 is 11.3 Å². The van der Waals surface area contributed by atoms with Gasteiger partial charge in [0.1, 0.15) is 4.83 Å². The van der Waals surface area contributed by atoms with Gasteiger partial charge >= 0.3 is 5.69 Å². The zero-order valence-electron chi connectivity index (χ0n) is 9.82. The summed E-state index contributed by atoms with van der Waals surface area (Å²) < 4.78 is 1.40. The third kappa shape index (κ3) is 1.49. The van der Waals surface area contributed by atoms with Gasteiger partial charge in [0.25, 0.3) is 5.56 Å². The Morgan fingerprint density at radius 2 is 2.12 bits per heavy atom. The van der Waals surface area contributed by atoms with Crippen LogP contribution in [0.2, 0.25) is 0 Å². The van der Waals surface area contributed by atoms with Crippen LogP contribution < -0.4 is 11.2 Å². The van der Waals surface area contributed by atoms with Crippen molar-refractivity contribution in [3.8, 4) is 0 Å². The highest BCUT2D eigenvalue weighted by Crippen LogP contribution is 2.35. The molecule has 1 aliphatic rings. The van der Waals surface area contributed by atoms with Gasteiger partial charge in [-0.2, -0.15) is 0 Å². The Bertz CT molecular complexity index is 689. The summed E-state index contributed by atoms with van der Waals surface area (Å²) in [5.41, 5.74) is 0.563. The highest BCUT2D eigenvalue weighted by atomic mass is 32.1. The molecule has 2 aromatic rings. The normalized spacial score (nSPS) is 23.9. The van der Waals surface area contributed by atoms with E-state index in [9.17, 15) is 9.59 Å². The molecule has 1 N–H and O–H groups in total. The van der Waals surface area contributed by atoms with Crippen LogP contribution in [-0.2, 0) is 0 Å². The predicted octanol–water partition coefficient (Wildman–Crippen LogP) is 2.03. The standard InChI is InChI=1S/C12H14N2O2S/c1-6-3-8(4-6)14-11(15)9-7(2)5-17-10(9)13-12(14)16/h5-6,8H,3-4H2,1-2H3,(H,13,16). The number of hydrogen-bond donors (Lipinski definition) is 1. The summed E-state index contributed by atoms with van der Waals surface area (Å²) in [6, 6.07) is 0.0879. The number of hydrogen-bond acceptors (Lipinski definition) is 3. The van der Waals surface area contributed by atoms with Gasteiger partial charge in [0.2, 0.25) is 0 Å². The van der Waals surface area contributed by atoms with Gasteiger partial charge in [0.15, 0.2) is 0 Å². The van der Waals surface area contributed by atoms with E-state index in [1.807, 2.05) is 12.3 Å². The number of H-pyrrole nitrogens is 1. The molecule has 3 rings (SSSR count). The molecule has 1 saturated carbocycles. The minimum absolute atomic E-state index is 0.0879. The summed E-state index contributed by atoms with van der Waals surface area (Å²) in [5.74, 6) is 0.616. The van der Waals surface area contributed by atoms with Crippen molar-refractivity contribution < 1.29 is 0 Å². The van der Waals surface area contributed by atoms with Crippen molar-refractivity contribution in [2.45, 2.75) is 32.7 Å². The van der Waals surface area contributed by atoms with Crippen molar-refractivity contribution in [3.63, 3.8) is 0 Å². The second kappa shape index (κ2) is 3.57. The first-order valence-corrected chi connectivity index (χ1v) is 6.68. The molecule has 0 aromatic carbocycles. The molecule has 0 unspecified atom stereocenters. The molecule has 1 aliphatic carbocycles. The molecule has 0 spiro atoms. The number of nitrogens with zero attached hydrogens (tertiary/aromatic N) is 1. The summed E-state index contributed by atoms with van der Waals surface area (Å²) in [6.07, 6.45) is 1.86. The van der Waals surface area contributed by atoms with E-state index in [0.717, 1.165) is 18.4 Å². The lowest BCUT2D eigenvalue weighted by Gasteiger charge is -2.33. The minimum atomic E-state index is -0.263. The van der Waals surface area contributed by atoms with Crippen LogP contribution in [-0.4, -0.2) is 9.55 Å². The Balaban J connectivity index is 2.27. The molecule has 4 nitrogen and oxygen atoms in total. The molecule has 0 atom stereocenters. The number of fused-ring (bicyclic) bond motifs is 1. The lowest BCUT2D eigenvalue weighted by atomic mass is 9.81. The smallest absolute Gasteiger partial charge is 0.298 e. The molecule has 90 valence electrons. The molecule has 0 aliphatic heterocycles. The zero-order chi connectivity index (χ0) is 12.2. The van der Waals surface area contributed by atoms with Gasteiger partial charge in [-0.15, -0.1) is 11.3 Å². The lowest BCUT2D eigenvalue weighted by Crippen LogP contribution is -2.42. The Kier molecular flexibility index (Phi) is 2.26. The van der Waals surface area contributed by atoms with Crippen LogP contribution in [0, 0.1) is 12.8 Å². The molecule has 0 saturated heterocycles. The van der Waals surface area contributed by atoms with Crippen LogP contribution in [0.15, 0.2) is 15.0 Å². The van der Waals surface area contributed by atoms with Gasteiger partial charge in [0.05, 0.1) is 5.39 Å². The van der Waals surface area contributed by atoms with Gasteiger partial charge in [-0.3, -0.25) is 14.3 Å². The van der Waals surface area contributed by atoms with E-state index in [2.05, 4.69) is 11.9 Å². The number of rotatable bonds is 1. The average molecular weight is 250 g/mol. The van der Waals surface area contributed by atoms with Gasteiger partial charge in [-0.1, -0.05) is 6.92 Å². The largest absolute Gasteiger partial charge is 0.329 e. The molecule has 0 bridgehead atoms. The molecule has 5 heteroatoms. The van der Waals surface area contributed by atoms with Crippen LogP contribution in [0.3, 0.4) is 0 Å².